The molecule has 0 aliphatic carbocycles. The molecule has 1 atom stereocenters. The van der Waals surface area contributed by atoms with Gasteiger partial charge in [-0.2, -0.15) is 0 Å². The Kier molecular flexibility index (Phi) is 4.12. The van der Waals surface area contributed by atoms with E-state index in [0.29, 0.717) is 17.1 Å². The molecule has 2 rings (SSSR count). The van der Waals surface area contributed by atoms with Crippen LogP contribution in [-0.2, 0) is 7.05 Å². The Labute approximate surface area is 117 Å². The van der Waals surface area contributed by atoms with Crippen molar-refractivity contribution in [2.45, 2.75) is 19.4 Å². The van der Waals surface area contributed by atoms with Crippen molar-refractivity contribution in [3.05, 3.63) is 35.0 Å². The summed E-state index contributed by atoms with van der Waals surface area (Å²) in [6, 6.07) is 7.53. The first-order valence-electron chi connectivity index (χ1n) is 6.21. The lowest BCUT2D eigenvalue weighted by molar-refractivity contribution is 0.0927. The molecular weight excluding hydrogens is 264 g/mol. The Morgan fingerprint density at radius 3 is 2.79 bits per heavy atom. The SMILES string of the molecule is CC(CCO)NC(=O)c1c(Cl)c2ccccc2n1C. The van der Waals surface area contributed by atoms with Crippen LogP contribution >= 0.6 is 11.6 Å². The number of aromatic nitrogens is 1. The smallest absolute Gasteiger partial charge is 0.269 e. The highest BCUT2D eigenvalue weighted by Gasteiger charge is 2.20. The number of nitrogens with one attached hydrogen (secondary N) is 1. The number of amides is 1. The van der Waals surface area contributed by atoms with Crippen molar-refractivity contribution in [1.82, 2.24) is 9.88 Å². The summed E-state index contributed by atoms with van der Waals surface area (Å²) in [5, 5.41) is 13.0. The van der Waals surface area contributed by atoms with Gasteiger partial charge in [-0.1, -0.05) is 29.8 Å². The molecule has 19 heavy (non-hydrogen) atoms. The van der Waals surface area contributed by atoms with E-state index in [9.17, 15) is 4.79 Å². The number of rotatable bonds is 4. The van der Waals surface area contributed by atoms with Crippen molar-refractivity contribution < 1.29 is 9.90 Å². The fourth-order valence-electron chi connectivity index (χ4n) is 2.16. The molecular formula is C14H17ClN2O2. The highest BCUT2D eigenvalue weighted by Crippen LogP contribution is 2.29. The zero-order valence-electron chi connectivity index (χ0n) is 11.0. The number of hydrogen-bond donors (Lipinski definition) is 2. The third-order valence-corrected chi connectivity index (χ3v) is 3.58. The maximum absolute atomic E-state index is 12.2. The van der Waals surface area contributed by atoms with Gasteiger partial charge in [0.2, 0.25) is 0 Å². The second kappa shape index (κ2) is 5.63. The number of aryl methyl sites for hydroxylation is 1. The molecule has 1 heterocycles. The first kappa shape index (κ1) is 13.9. The standard InChI is InChI=1S/C14H17ClN2O2/c1-9(7-8-18)16-14(19)13-12(15)10-5-3-4-6-11(10)17(13)2/h3-6,9,18H,7-8H2,1-2H3,(H,16,19). The van der Waals surface area contributed by atoms with Crippen molar-refractivity contribution in [2.24, 2.45) is 7.05 Å². The lowest BCUT2D eigenvalue weighted by Crippen LogP contribution is -2.34. The summed E-state index contributed by atoms with van der Waals surface area (Å²) >= 11 is 6.29. The topological polar surface area (TPSA) is 54.3 Å². The van der Waals surface area contributed by atoms with E-state index in [1.54, 1.807) is 4.57 Å². The fourth-order valence-corrected chi connectivity index (χ4v) is 2.53. The molecule has 1 unspecified atom stereocenters. The first-order chi connectivity index (χ1) is 9.06. The number of aliphatic hydroxyl groups is 1. The van der Waals surface area contributed by atoms with Crippen molar-refractivity contribution in [3.63, 3.8) is 0 Å². The van der Waals surface area contributed by atoms with Gasteiger partial charge in [-0.25, -0.2) is 0 Å². The van der Waals surface area contributed by atoms with Crippen LogP contribution < -0.4 is 5.32 Å². The lowest BCUT2D eigenvalue weighted by Gasteiger charge is -2.13. The molecule has 0 bridgehead atoms. The summed E-state index contributed by atoms with van der Waals surface area (Å²) < 4.78 is 1.79. The van der Waals surface area contributed by atoms with Gasteiger partial charge in [-0.15, -0.1) is 0 Å². The Morgan fingerprint density at radius 1 is 1.47 bits per heavy atom. The molecule has 2 aromatic rings. The minimum atomic E-state index is -0.218. The molecule has 5 heteroatoms. The molecule has 1 aromatic carbocycles. The van der Waals surface area contributed by atoms with E-state index in [2.05, 4.69) is 5.32 Å². The van der Waals surface area contributed by atoms with Gasteiger partial charge in [0.25, 0.3) is 5.91 Å². The summed E-state index contributed by atoms with van der Waals surface area (Å²) in [6.45, 7) is 1.90. The summed E-state index contributed by atoms with van der Waals surface area (Å²) in [7, 11) is 1.82. The number of nitrogens with zero attached hydrogens (tertiary/aromatic N) is 1. The van der Waals surface area contributed by atoms with Crippen molar-refractivity contribution in [2.75, 3.05) is 6.61 Å². The van der Waals surface area contributed by atoms with Crippen molar-refractivity contribution >= 4 is 28.4 Å². The highest BCUT2D eigenvalue weighted by atomic mass is 35.5. The quantitative estimate of drug-likeness (QED) is 0.903. The Bertz CT molecular complexity index is 568. The highest BCUT2D eigenvalue weighted by molar-refractivity contribution is 6.38. The molecule has 0 radical (unpaired) electrons. The average Bonchev–Trinajstić information content (AvgIpc) is 2.63. The third kappa shape index (κ3) is 2.60. The van der Waals surface area contributed by atoms with E-state index in [4.69, 9.17) is 16.7 Å². The van der Waals surface area contributed by atoms with Crippen LogP contribution in [0.15, 0.2) is 24.3 Å². The van der Waals surface area contributed by atoms with Crippen LogP contribution in [0.5, 0.6) is 0 Å². The number of hydrogen-bond acceptors (Lipinski definition) is 2. The molecule has 1 amide bonds. The molecule has 0 saturated carbocycles. The Balaban J connectivity index is 2.37. The lowest BCUT2D eigenvalue weighted by atomic mass is 10.2. The minimum Gasteiger partial charge on any atom is -0.396 e. The summed E-state index contributed by atoms with van der Waals surface area (Å²) in [6.07, 6.45) is 0.521. The number of fused-ring (bicyclic) bond motifs is 1. The molecule has 0 saturated heterocycles. The van der Waals surface area contributed by atoms with Crippen LogP contribution in [0.4, 0.5) is 0 Å². The second-order valence-electron chi connectivity index (χ2n) is 4.63. The maximum atomic E-state index is 12.2. The predicted octanol–water partition coefficient (Wildman–Crippen LogP) is 2.33. The number of carbonyl (C=O) groups excluding carboxylic acids is 1. The summed E-state index contributed by atoms with van der Waals surface area (Å²) in [5.74, 6) is -0.218. The molecule has 4 nitrogen and oxygen atoms in total. The minimum absolute atomic E-state index is 0.0459. The van der Waals surface area contributed by atoms with Gasteiger partial charge in [0.05, 0.1) is 5.02 Å². The molecule has 0 spiro atoms. The number of para-hydroxylation sites is 1. The van der Waals surface area contributed by atoms with E-state index in [-0.39, 0.29) is 18.6 Å². The second-order valence-corrected chi connectivity index (χ2v) is 5.00. The van der Waals surface area contributed by atoms with Gasteiger partial charge in [0, 0.05) is 30.6 Å². The zero-order chi connectivity index (χ0) is 14.0. The summed E-state index contributed by atoms with van der Waals surface area (Å²) in [5.41, 5.74) is 1.38. The van der Waals surface area contributed by atoms with E-state index < -0.39 is 0 Å². The molecule has 0 aliphatic heterocycles. The third-order valence-electron chi connectivity index (χ3n) is 3.20. The van der Waals surface area contributed by atoms with E-state index in [0.717, 1.165) is 10.9 Å². The molecule has 0 fully saturated rings. The maximum Gasteiger partial charge on any atom is 0.269 e. The predicted molar refractivity (Wildman–Crippen MR) is 76.6 cm³/mol. The molecule has 1 aromatic heterocycles. The van der Waals surface area contributed by atoms with E-state index in [1.807, 2.05) is 38.2 Å². The van der Waals surface area contributed by atoms with Crippen LogP contribution in [0.3, 0.4) is 0 Å². The van der Waals surface area contributed by atoms with E-state index in [1.165, 1.54) is 0 Å². The number of halogens is 1. The normalized spacial score (nSPS) is 12.6. The number of aliphatic hydroxyl groups excluding tert-OH is 1. The number of carbonyl (C=O) groups is 1. The van der Waals surface area contributed by atoms with Gasteiger partial charge in [-0.3, -0.25) is 4.79 Å². The Morgan fingerprint density at radius 2 is 2.16 bits per heavy atom. The average molecular weight is 281 g/mol. The van der Waals surface area contributed by atoms with Crippen LogP contribution in [0.1, 0.15) is 23.8 Å². The van der Waals surface area contributed by atoms with Gasteiger partial charge >= 0.3 is 0 Å². The molecule has 0 aliphatic rings. The van der Waals surface area contributed by atoms with Crippen LogP contribution in [0.2, 0.25) is 5.02 Å². The monoisotopic (exact) mass is 280 g/mol. The van der Waals surface area contributed by atoms with Crippen LogP contribution in [0, 0.1) is 0 Å². The van der Waals surface area contributed by atoms with E-state index >= 15 is 0 Å². The molecule has 102 valence electrons. The Hall–Kier alpha value is -1.52. The van der Waals surface area contributed by atoms with Crippen molar-refractivity contribution in [1.29, 1.82) is 0 Å². The fraction of sp³-hybridized carbons (Fsp3) is 0.357. The number of benzene rings is 1. The van der Waals surface area contributed by atoms with Gasteiger partial charge in [0.1, 0.15) is 5.69 Å². The summed E-state index contributed by atoms with van der Waals surface area (Å²) in [4.78, 5) is 12.2. The molecule has 2 N–H and O–H groups in total. The van der Waals surface area contributed by atoms with Gasteiger partial charge in [-0.05, 0) is 19.4 Å². The van der Waals surface area contributed by atoms with Gasteiger partial charge < -0.3 is 15.0 Å². The largest absolute Gasteiger partial charge is 0.396 e. The zero-order valence-corrected chi connectivity index (χ0v) is 11.7. The van der Waals surface area contributed by atoms with Crippen molar-refractivity contribution in [3.8, 4) is 0 Å². The van der Waals surface area contributed by atoms with Crippen LogP contribution in [0.25, 0.3) is 10.9 Å². The first-order valence-corrected chi connectivity index (χ1v) is 6.58. The van der Waals surface area contributed by atoms with Crippen LogP contribution in [-0.4, -0.2) is 28.2 Å². The van der Waals surface area contributed by atoms with Gasteiger partial charge in [0.15, 0.2) is 0 Å².